The normalized spacial score (nSPS) is 9.57. The van der Waals surface area contributed by atoms with E-state index in [-0.39, 0.29) is 41.9 Å². The van der Waals surface area contributed by atoms with Crippen molar-refractivity contribution >= 4 is 11.9 Å². The van der Waals surface area contributed by atoms with Crippen molar-refractivity contribution < 1.29 is 49.0 Å². The van der Waals surface area contributed by atoms with Crippen molar-refractivity contribution in [1.82, 2.24) is 5.32 Å². The van der Waals surface area contributed by atoms with Crippen LogP contribution in [0.2, 0.25) is 0 Å². The molecule has 110 valence electrons. The fourth-order valence-electron chi connectivity index (χ4n) is 1.64. The first-order valence-corrected chi connectivity index (χ1v) is 6.85. The van der Waals surface area contributed by atoms with Gasteiger partial charge in [-0.1, -0.05) is 25.5 Å². The smallest absolute Gasteiger partial charge is 0.550 e. The van der Waals surface area contributed by atoms with Gasteiger partial charge in [0.2, 0.25) is 0 Å². The van der Waals surface area contributed by atoms with Crippen molar-refractivity contribution in [2.24, 2.45) is 0 Å². The maximum atomic E-state index is 12.0. The van der Waals surface area contributed by atoms with Crippen LogP contribution in [0.4, 0.5) is 0 Å². The molecule has 0 aliphatic carbocycles. The summed E-state index contributed by atoms with van der Waals surface area (Å²) in [6, 6.07) is 7.03. The SMILES string of the molecule is CCCCOc1ccccc1C(=O)NCCCC(=O)[O-].[Na+]. The van der Waals surface area contributed by atoms with E-state index in [1.165, 1.54) is 0 Å². The molecule has 0 bridgehead atoms. The molecule has 21 heavy (non-hydrogen) atoms. The standard InChI is InChI=1S/C15H21NO4.Na/c1-2-3-11-20-13-8-5-4-7-12(13)15(19)16-10-6-9-14(17)18;/h4-5,7-8H,2-3,6,9-11H2,1H3,(H,16,19)(H,17,18);/q;+1/p-1. The Morgan fingerprint density at radius 1 is 1.24 bits per heavy atom. The molecule has 0 aliphatic rings. The van der Waals surface area contributed by atoms with E-state index < -0.39 is 5.97 Å². The van der Waals surface area contributed by atoms with Gasteiger partial charge in [0.1, 0.15) is 5.75 Å². The van der Waals surface area contributed by atoms with E-state index in [2.05, 4.69) is 12.2 Å². The van der Waals surface area contributed by atoms with Crippen LogP contribution in [0, 0.1) is 0 Å². The van der Waals surface area contributed by atoms with Crippen molar-refractivity contribution in [2.45, 2.75) is 32.6 Å². The topological polar surface area (TPSA) is 78.5 Å². The van der Waals surface area contributed by atoms with Gasteiger partial charge in [-0.2, -0.15) is 0 Å². The summed E-state index contributed by atoms with van der Waals surface area (Å²) in [7, 11) is 0. The molecule has 6 heteroatoms. The molecule has 1 rings (SSSR count). The molecule has 0 aliphatic heterocycles. The maximum absolute atomic E-state index is 12.0. The number of hydrogen-bond donors (Lipinski definition) is 1. The van der Waals surface area contributed by atoms with Crippen LogP contribution in [0.5, 0.6) is 5.75 Å². The van der Waals surface area contributed by atoms with Crippen LogP contribution in [0.3, 0.4) is 0 Å². The number of para-hydroxylation sites is 1. The van der Waals surface area contributed by atoms with Gasteiger partial charge in [0.25, 0.3) is 5.91 Å². The van der Waals surface area contributed by atoms with Gasteiger partial charge in [-0.15, -0.1) is 0 Å². The average molecular weight is 301 g/mol. The summed E-state index contributed by atoms with van der Waals surface area (Å²) < 4.78 is 5.58. The molecular weight excluding hydrogens is 281 g/mol. The molecule has 0 aromatic heterocycles. The second kappa shape index (κ2) is 11.6. The fraction of sp³-hybridized carbons (Fsp3) is 0.467. The third kappa shape index (κ3) is 8.09. The molecule has 0 fully saturated rings. The van der Waals surface area contributed by atoms with Crippen LogP contribution in [0.15, 0.2) is 24.3 Å². The predicted molar refractivity (Wildman–Crippen MR) is 73.4 cm³/mol. The Labute approximate surface area is 147 Å². The number of amides is 1. The quantitative estimate of drug-likeness (QED) is 0.428. The van der Waals surface area contributed by atoms with Gasteiger partial charge >= 0.3 is 29.6 Å². The van der Waals surface area contributed by atoms with Crippen molar-refractivity contribution in [2.75, 3.05) is 13.2 Å². The van der Waals surface area contributed by atoms with Gasteiger partial charge in [-0.3, -0.25) is 4.79 Å². The third-order valence-corrected chi connectivity index (χ3v) is 2.73. The largest absolute Gasteiger partial charge is 1.00 e. The number of carbonyl (C=O) groups excluding carboxylic acids is 2. The first-order valence-electron chi connectivity index (χ1n) is 6.85. The molecule has 0 radical (unpaired) electrons. The number of nitrogens with one attached hydrogen (secondary N) is 1. The molecule has 0 saturated carbocycles. The third-order valence-electron chi connectivity index (χ3n) is 2.73. The summed E-state index contributed by atoms with van der Waals surface area (Å²) in [5.41, 5.74) is 0.469. The molecule has 1 aromatic rings. The maximum Gasteiger partial charge on any atom is 1.00 e. The Balaban J connectivity index is 0.00000400. The van der Waals surface area contributed by atoms with Crippen molar-refractivity contribution in [3.8, 4) is 5.75 Å². The van der Waals surface area contributed by atoms with E-state index in [1.54, 1.807) is 18.2 Å². The molecular formula is C15H20NNaO4. The predicted octanol–water partition coefficient (Wildman–Crippen LogP) is -1.87. The molecule has 0 atom stereocenters. The zero-order valence-electron chi connectivity index (χ0n) is 12.7. The number of ether oxygens (including phenoxy) is 1. The van der Waals surface area contributed by atoms with Crippen LogP contribution >= 0.6 is 0 Å². The Morgan fingerprint density at radius 2 is 1.95 bits per heavy atom. The van der Waals surface area contributed by atoms with Crippen LogP contribution in [-0.2, 0) is 4.79 Å². The van der Waals surface area contributed by atoms with Crippen molar-refractivity contribution in [3.63, 3.8) is 0 Å². The van der Waals surface area contributed by atoms with Crippen LogP contribution in [0.25, 0.3) is 0 Å². The Bertz CT molecular complexity index is 451. The minimum absolute atomic E-state index is 0. The van der Waals surface area contributed by atoms with E-state index in [0.717, 1.165) is 12.8 Å². The summed E-state index contributed by atoms with van der Waals surface area (Å²) >= 11 is 0. The average Bonchev–Trinajstić information content (AvgIpc) is 2.44. The van der Waals surface area contributed by atoms with Crippen LogP contribution in [-0.4, -0.2) is 25.0 Å². The number of carbonyl (C=O) groups is 2. The van der Waals surface area contributed by atoms with Crippen molar-refractivity contribution in [1.29, 1.82) is 0 Å². The Morgan fingerprint density at radius 3 is 2.62 bits per heavy atom. The Hall–Kier alpha value is -1.04. The zero-order chi connectivity index (χ0) is 14.8. The van der Waals surface area contributed by atoms with Crippen LogP contribution in [0.1, 0.15) is 43.0 Å². The van der Waals surface area contributed by atoms with E-state index >= 15 is 0 Å². The minimum Gasteiger partial charge on any atom is -0.550 e. The number of rotatable bonds is 9. The van der Waals surface area contributed by atoms with E-state index in [1.807, 2.05) is 6.07 Å². The molecule has 0 spiro atoms. The number of hydrogen-bond acceptors (Lipinski definition) is 4. The van der Waals surface area contributed by atoms with Gasteiger partial charge in [-0.05, 0) is 31.4 Å². The molecule has 1 aromatic carbocycles. The minimum atomic E-state index is -1.11. The van der Waals surface area contributed by atoms with Crippen molar-refractivity contribution in [3.05, 3.63) is 29.8 Å². The summed E-state index contributed by atoms with van der Waals surface area (Å²) in [6.07, 6.45) is 2.25. The number of carboxylic acid groups (broad SMARTS) is 1. The number of aliphatic carboxylic acids is 1. The van der Waals surface area contributed by atoms with E-state index in [0.29, 0.717) is 30.9 Å². The summed E-state index contributed by atoms with van der Waals surface area (Å²) in [5, 5.41) is 12.9. The number of carboxylic acids is 1. The van der Waals surface area contributed by atoms with E-state index in [9.17, 15) is 14.7 Å². The second-order valence-corrected chi connectivity index (χ2v) is 4.43. The van der Waals surface area contributed by atoms with Gasteiger partial charge in [-0.25, -0.2) is 0 Å². The van der Waals surface area contributed by atoms with Gasteiger partial charge in [0, 0.05) is 12.5 Å². The molecule has 1 N–H and O–H groups in total. The zero-order valence-corrected chi connectivity index (χ0v) is 14.7. The molecule has 5 nitrogen and oxygen atoms in total. The molecule has 0 unspecified atom stereocenters. The van der Waals surface area contributed by atoms with Gasteiger partial charge in [0.05, 0.1) is 12.2 Å². The second-order valence-electron chi connectivity index (χ2n) is 4.43. The number of unbranched alkanes of at least 4 members (excludes halogenated alkanes) is 1. The molecule has 1 amide bonds. The summed E-state index contributed by atoms with van der Waals surface area (Å²) in [6.45, 7) is 2.95. The van der Waals surface area contributed by atoms with Crippen LogP contribution < -0.4 is 44.7 Å². The fourth-order valence-corrected chi connectivity index (χ4v) is 1.64. The molecule has 0 heterocycles. The first kappa shape index (κ1) is 20.0. The monoisotopic (exact) mass is 301 g/mol. The first-order chi connectivity index (χ1) is 9.65. The summed E-state index contributed by atoms with van der Waals surface area (Å²) in [4.78, 5) is 22.3. The molecule has 0 saturated heterocycles. The Kier molecular flexibility index (Phi) is 11.0. The van der Waals surface area contributed by atoms with Gasteiger partial charge in [0.15, 0.2) is 0 Å². The van der Waals surface area contributed by atoms with E-state index in [4.69, 9.17) is 4.74 Å². The van der Waals surface area contributed by atoms with Gasteiger partial charge < -0.3 is 20.0 Å². The number of benzene rings is 1. The summed E-state index contributed by atoms with van der Waals surface area (Å²) in [5.74, 6) is -0.809.